The number of nitrogens with one attached hydrogen (secondary N) is 1. The molecule has 0 atom stereocenters. The molecule has 0 bridgehead atoms. The highest BCUT2D eigenvalue weighted by atomic mass is 32.2. The van der Waals surface area contributed by atoms with Crippen LogP contribution in [0.5, 0.6) is 0 Å². The van der Waals surface area contributed by atoms with Crippen molar-refractivity contribution in [2.75, 3.05) is 12.8 Å². The number of aromatic amines is 1. The van der Waals surface area contributed by atoms with Crippen molar-refractivity contribution in [3.8, 4) is 0 Å². The van der Waals surface area contributed by atoms with E-state index in [1.807, 2.05) is 11.9 Å². The molecule has 1 aliphatic rings. The van der Waals surface area contributed by atoms with Crippen LogP contribution in [0.25, 0.3) is 11.0 Å². The Morgan fingerprint density at radius 2 is 2.19 bits per heavy atom. The first-order valence-electron chi connectivity index (χ1n) is 7.28. The Morgan fingerprint density at radius 3 is 3.00 bits per heavy atom. The van der Waals surface area contributed by atoms with Crippen LogP contribution in [0.15, 0.2) is 17.6 Å². The maximum Gasteiger partial charge on any atom is 0.232 e. The molecule has 1 fully saturated rings. The summed E-state index contributed by atoms with van der Waals surface area (Å²) in [4.78, 5) is 22.6. The molecule has 0 unspecified atom stereocenters. The minimum absolute atomic E-state index is 0.169. The van der Waals surface area contributed by atoms with Crippen LogP contribution in [0.2, 0.25) is 0 Å². The van der Waals surface area contributed by atoms with E-state index in [0.29, 0.717) is 17.4 Å². The van der Waals surface area contributed by atoms with Crippen molar-refractivity contribution in [1.82, 2.24) is 25.1 Å². The molecule has 3 rings (SSSR count). The van der Waals surface area contributed by atoms with Crippen LogP contribution in [-0.4, -0.2) is 49.8 Å². The highest BCUT2D eigenvalue weighted by molar-refractivity contribution is 8.00. The van der Waals surface area contributed by atoms with Gasteiger partial charge in [0.25, 0.3) is 0 Å². The highest BCUT2D eigenvalue weighted by Gasteiger charge is 2.22. The summed E-state index contributed by atoms with van der Waals surface area (Å²) < 4.78 is 0. The first-order valence-corrected chi connectivity index (χ1v) is 8.27. The zero-order valence-corrected chi connectivity index (χ0v) is 12.9. The lowest BCUT2D eigenvalue weighted by Crippen LogP contribution is -2.39. The Morgan fingerprint density at radius 1 is 1.38 bits per heavy atom. The normalized spacial score (nSPS) is 16.2. The molecule has 1 aliphatic carbocycles. The van der Waals surface area contributed by atoms with Crippen molar-refractivity contribution in [2.45, 2.75) is 43.2 Å². The van der Waals surface area contributed by atoms with Gasteiger partial charge in [-0.05, 0) is 12.8 Å². The van der Waals surface area contributed by atoms with E-state index < -0.39 is 0 Å². The summed E-state index contributed by atoms with van der Waals surface area (Å²) in [5.41, 5.74) is 0.709. The summed E-state index contributed by atoms with van der Waals surface area (Å²) in [7, 11) is 1.92. The molecule has 1 saturated carbocycles. The van der Waals surface area contributed by atoms with Crippen LogP contribution in [0.3, 0.4) is 0 Å². The van der Waals surface area contributed by atoms with E-state index in [9.17, 15) is 4.79 Å². The van der Waals surface area contributed by atoms with Crippen molar-refractivity contribution < 1.29 is 4.79 Å². The maximum absolute atomic E-state index is 12.3. The van der Waals surface area contributed by atoms with E-state index in [1.165, 1.54) is 37.4 Å². The molecule has 2 heterocycles. The molecular formula is C14H19N5OS. The molecule has 0 spiro atoms. The molecule has 112 valence electrons. The fourth-order valence-corrected chi connectivity index (χ4v) is 3.65. The average Bonchev–Trinajstić information content (AvgIpc) is 3.02. The second kappa shape index (κ2) is 6.43. The van der Waals surface area contributed by atoms with Crippen LogP contribution < -0.4 is 0 Å². The molecule has 2 aromatic rings. The first-order chi connectivity index (χ1) is 10.3. The molecule has 6 nitrogen and oxygen atoms in total. The number of hydrogen-bond donors (Lipinski definition) is 1. The van der Waals surface area contributed by atoms with Crippen molar-refractivity contribution in [1.29, 1.82) is 0 Å². The fourth-order valence-electron chi connectivity index (χ4n) is 2.76. The maximum atomic E-state index is 12.3. The Bertz CT molecular complexity index is 623. The number of thioether (sulfide) groups is 1. The molecule has 0 radical (unpaired) electrons. The third-order valence-electron chi connectivity index (χ3n) is 4.06. The van der Waals surface area contributed by atoms with Gasteiger partial charge in [-0.1, -0.05) is 31.0 Å². The number of rotatable bonds is 4. The number of hydrogen-bond acceptors (Lipinski definition) is 5. The van der Waals surface area contributed by atoms with Gasteiger partial charge in [-0.15, -0.1) is 0 Å². The predicted octanol–water partition coefficient (Wildman–Crippen LogP) is 2.24. The van der Waals surface area contributed by atoms with Gasteiger partial charge in [0.1, 0.15) is 11.4 Å². The number of aromatic nitrogens is 4. The Kier molecular flexibility index (Phi) is 4.38. The van der Waals surface area contributed by atoms with Crippen LogP contribution in [-0.2, 0) is 4.79 Å². The van der Waals surface area contributed by atoms with Crippen molar-refractivity contribution >= 4 is 28.7 Å². The van der Waals surface area contributed by atoms with Gasteiger partial charge in [0.15, 0.2) is 5.65 Å². The zero-order valence-electron chi connectivity index (χ0n) is 12.1. The highest BCUT2D eigenvalue weighted by Crippen LogP contribution is 2.25. The number of fused-ring (bicyclic) bond motifs is 1. The monoisotopic (exact) mass is 305 g/mol. The van der Waals surface area contributed by atoms with E-state index in [4.69, 9.17) is 0 Å². The second-order valence-corrected chi connectivity index (χ2v) is 6.36. The van der Waals surface area contributed by atoms with Gasteiger partial charge in [-0.25, -0.2) is 9.97 Å². The minimum Gasteiger partial charge on any atom is -0.342 e. The molecule has 0 aliphatic heterocycles. The Hall–Kier alpha value is -1.63. The number of amides is 1. The van der Waals surface area contributed by atoms with E-state index in [2.05, 4.69) is 20.2 Å². The zero-order chi connectivity index (χ0) is 14.7. The van der Waals surface area contributed by atoms with E-state index in [1.54, 1.807) is 6.20 Å². The second-order valence-electron chi connectivity index (χ2n) is 5.40. The van der Waals surface area contributed by atoms with Crippen molar-refractivity contribution in [2.24, 2.45) is 0 Å². The van der Waals surface area contributed by atoms with E-state index >= 15 is 0 Å². The Balaban J connectivity index is 1.61. The summed E-state index contributed by atoms with van der Waals surface area (Å²) in [6.45, 7) is 0. The minimum atomic E-state index is 0.169. The third-order valence-corrected chi connectivity index (χ3v) is 5.05. The molecule has 7 heteroatoms. The van der Waals surface area contributed by atoms with Gasteiger partial charge < -0.3 is 4.90 Å². The summed E-state index contributed by atoms with van der Waals surface area (Å²) >= 11 is 1.45. The van der Waals surface area contributed by atoms with Crippen molar-refractivity contribution in [3.05, 3.63) is 12.5 Å². The summed E-state index contributed by atoms with van der Waals surface area (Å²) in [5.74, 6) is 0.576. The van der Waals surface area contributed by atoms with Gasteiger partial charge in [-0.2, -0.15) is 5.10 Å². The molecule has 2 aromatic heterocycles. The van der Waals surface area contributed by atoms with Crippen LogP contribution in [0.1, 0.15) is 32.1 Å². The predicted molar refractivity (Wildman–Crippen MR) is 82.1 cm³/mol. The van der Waals surface area contributed by atoms with Crippen LogP contribution in [0.4, 0.5) is 0 Å². The quantitative estimate of drug-likeness (QED) is 0.692. The lowest BCUT2D eigenvalue weighted by Gasteiger charge is -2.31. The Labute approximate surface area is 127 Å². The molecule has 0 saturated heterocycles. The largest absolute Gasteiger partial charge is 0.342 e. The smallest absolute Gasteiger partial charge is 0.232 e. The third kappa shape index (κ3) is 3.18. The number of carbonyl (C=O) groups is 1. The summed E-state index contributed by atoms with van der Waals surface area (Å²) in [6, 6.07) is 0.409. The topological polar surface area (TPSA) is 74.8 Å². The lowest BCUT2D eigenvalue weighted by molar-refractivity contribution is -0.129. The van der Waals surface area contributed by atoms with E-state index in [-0.39, 0.29) is 5.91 Å². The van der Waals surface area contributed by atoms with E-state index in [0.717, 1.165) is 23.3 Å². The molecular weight excluding hydrogens is 286 g/mol. The van der Waals surface area contributed by atoms with Gasteiger partial charge in [0.05, 0.1) is 17.3 Å². The van der Waals surface area contributed by atoms with Crippen LogP contribution >= 0.6 is 11.8 Å². The van der Waals surface area contributed by atoms with Crippen LogP contribution in [0, 0.1) is 0 Å². The summed E-state index contributed by atoms with van der Waals surface area (Å²) in [6.07, 6.45) is 9.23. The molecule has 0 aromatic carbocycles. The van der Waals surface area contributed by atoms with Gasteiger partial charge in [0.2, 0.25) is 5.91 Å². The summed E-state index contributed by atoms with van der Waals surface area (Å²) in [5, 5.41) is 8.45. The number of carbonyl (C=O) groups excluding carboxylic acids is 1. The van der Waals surface area contributed by atoms with Gasteiger partial charge in [-0.3, -0.25) is 9.89 Å². The van der Waals surface area contributed by atoms with Crippen molar-refractivity contribution in [3.63, 3.8) is 0 Å². The van der Waals surface area contributed by atoms with Gasteiger partial charge >= 0.3 is 0 Å². The first kappa shape index (κ1) is 14.3. The molecule has 1 amide bonds. The average molecular weight is 305 g/mol. The lowest BCUT2D eigenvalue weighted by atomic mass is 9.94. The number of H-pyrrole nitrogens is 1. The molecule has 21 heavy (non-hydrogen) atoms. The standard InChI is InChI=1S/C14H19N5OS/c1-19(10-5-3-2-4-6-10)12(20)8-21-14-11-7-17-18-13(11)15-9-16-14/h7,9-10H,2-6,8H2,1H3,(H,15,16,17,18). The molecule has 1 N–H and O–H groups in total. The van der Waals surface area contributed by atoms with Gasteiger partial charge in [0, 0.05) is 13.1 Å². The SMILES string of the molecule is CN(C(=O)CSc1ncnc2[nH]ncc12)C1CCCCC1. The fraction of sp³-hybridized carbons (Fsp3) is 0.571. The number of nitrogens with zero attached hydrogens (tertiary/aromatic N) is 4.